The molecule has 0 fully saturated rings. The average Bonchev–Trinajstić information content (AvgIpc) is 2.43. The van der Waals surface area contributed by atoms with Gasteiger partial charge in [-0.1, -0.05) is 48.5 Å². The van der Waals surface area contributed by atoms with Crippen molar-refractivity contribution in [2.24, 2.45) is 0 Å². The van der Waals surface area contributed by atoms with E-state index in [-0.39, 0.29) is 5.78 Å². The molecule has 0 N–H and O–H groups in total. The first-order valence-electron chi connectivity index (χ1n) is 6.43. The van der Waals surface area contributed by atoms with Gasteiger partial charge in [-0.05, 0) is 49.1 Å². The molecule has 0 saturated carbocycles. The maximum Gasteiger partial charge on any atom is 0.185 e. The summed E-state index contributed by atoms with van der Waals surface area (Å²) in [6, 6.07) is 13.5. The van der Waals surface area contributed by atoms with Gasteiger partial charge in [0.25, 0.3) is 0 Å². The first kappa shape index (κ1) is 13.3. The predicted octanol–water partition coefficient (Wildman–Crippen LogP) is 4.51. The minimum Gasteiger partial charge on any atom is -0.289 e. The van der Waals surface area contributed by atoms with E-state index in [1.54, 1.807) is 6.08 Å². The quantitative estimate of drug-likeness (QED) is 0.578. The fourth-order valence-corrected chi connectivity index (χ4v) is 2.04. The number of carbonyl (C=O) groups excluding carboxylic acids is 1. The summed E-state index contributed by atoms with van der Waals surface area (Å²) < 4.78 is 0. The fraction of sp³-hybridized carbons (Fsp3) is 0.167. The molecule has 19 heavy (non-hydrogen) atoms. The normalized spacial score (nSPS) is 10.9. The minimum absolute atomic E-state index is 0.0384. The Morgan fingerprint density at radius 2 is 1.53 bits per heavy atom. The van der Waals surface area contributed by atoms with Crippen molar-refractivity contribution in [3.05, 3.63) is 76.4 Å². The van der Waals surface area contributed by atoms with Gasteiger partial charge in [-0.2, -0.15) is 0 Å². The largest absolute Gasteiger partial charge is 0.289 e. The highest BCUT2D eigenvalue weighted by Gasteiger charge is 2.01. The van der Waals surface area contributed by atoms with Gasteiger partial charge in [0, 0.05) is 5.56 Å². The van der Waals surface area contributed by atoms with Crippen LogP contribution in [0.3, 0.4) is 0 Å². The standard InChI is InChI=1S/C18H18O/c1-13-11-16(12-14(2)15(13)3)9-10-18(19)17-7-5-4-6-8-17/h4-12H,1-3H3/b10-9+. The molecule has 0 aliphatic heterocycles. The van der Waals surface area contributed by atoms with Gasteiger partial charge in [-0.15, -0.1) is 0 Å². The molecule has 0 aliphatic carbocycles. The summed E-state index contributed by atoms with van der Waals surface area (Å²) in [6.07, 6.45) is 3.52. The van der Waals surface area contributed by atoms with Crippen LogP contribution >= 0.6 is 0 Å². The zero-order valence-electron chi connectivity index (χ0n) is 11.6. The Morgan fingerprint density at radius 1 is 0.947 bits per heavy atom. The van der Waals surface area contributed by atoms with Crippen molar-refractivity contribution in [3.63, 3.8) is 0 Å². The molecule has 0 saturated heterocycles. The van der Waals surface area contributed by atoms with Crippen LogP contribution in [-0.4, -0.2) is 5.78 Å². The van der Waals surface area contributed by atoms with E-state index in [1.165, 1.54) is 16.7 Å². The van der Waals surface area contributed by atoms with Crippen LogP contribution in [-0.2, 0) is 0 Å². The van der Waals surface area contributed by atoms with Crippen LogP contribution in [0.1, 0.15) is 32.6 Å². The minimum atomic E-state index is 0.0384. The lowest BCUT2D eigenvalue weighted by molar-refractivity contribution is 0.104. The Balaban J connectivity index is 2.22. The number of aryl methyl sites for hydroxylation is 2. The monoisotopic (exact) mass is 250 g/mol. The number of ketones is 1. The van der Waals surface area contributed by atoms with E-state index in [1.807, 2.05) is 36.4 Å². The molecule has 2 aromatic carbocycles. The Hall–Kier alpha value is -2.15. The molecular weight excluding hydrogens is 232 g/mol. The number of hydrogen-bond donors (Lipinski definition) is 0. The topological polar surface area (TPSA) is 17.1 Å². The third-order valence-corrected chi connectivity index (χ3v) is 3.43. The molecule has 0 radical (unpaired) electrons. The summed E-state index contributed by atoms with van der Waals surface area (Å²) in [6.45, 7) is 6.31. The van der Waals surface area contributed by atoms with E-state index < -0.39 is 0 Å². The Morgan fingerprint density at radius 3 is 2.11 bits per heavy atom. The van der Waals surface area contributed by atoms with Crippen molar-refractivity contribution >= 4 is 11.9 Å². The molecule has 96 valence electrons. The van der Waals surface area contributed by atoms with E-state index in [4.69, 9.17) is 0 Å². The van der Waals surface area contributed by atoms with Gasteiger partial charge in [0.2, 0.25) is 0 Å². The third-order valence-electron chi connectivity index (χ3n) is 3.43. The maximum atomic E-state index is 12.0. The van der Waals surface area contributed by atoms with Gasteiger partial charge < -0.3 is 0 Å². The first-order chi connectivity index (χ1) is 9.08. The van der Waals surface area contributed by atoms with E-state index in [0.29, 0.717) is 0 Å². The van der Waals surface area contributed by atoms with Crippen LogP contribution in [0.4, 0.5) is 0 Å². The predicted molar refractivity (Wildman–Crippen MR) is 80.5 cm³/mol. The molecule has 0 atom stereocenters. The van der Waals surface area contributed by atoms with Gasteiger partial charge in [0.1, 0.15) is 0 Å². The molecule has 2 rings (SSSR count). The van der Waals surface area contributed by atoms with Crippen molar-refractivity contribution in [3.8, 4) is 0 Å². The van der Waals surface area contributed by atoms with Crippen LogP contribution < -0.4 is 0 Å². The van der Waals surface area contributed by atoms with Crippen molar-refractivity contribution in [1.82, 2.24) is 0 Å². The maximum absolute atomic E-state index is 12.0. The molecule has 0 aromatic heterocycles. The zero-order chi connectivity index (χ0) is 13.8. The lowest BCUT2D eigenvalue weighted by Crippen LogP contribution is -1.93. The van der Waals surface area contributed by atoms with Gasteiger partial charge in [-0.3, -0.25) is 4.79 Å². The molecule has 0 heterocycles. The van der Waals surface area contributed by atoms with Crippen LogP contribution in [0.2, 0.25) is 0 Å². The molecule has 0 amide bonds. The van der Waals surface area contributed by atoms with Crippen molar-refractivity contribution in [2.75, 3.05) is 0 Å². The van der Waals surface area contributed by atoms with Gasteiger partial charge in [0.05, 0.1) is 0 Å². The summed E-state index contributed by atoms with van der Waals surface area (Å²) in [5.74, 6) is 0.0384. The molecule has 0 unspecified atom stereocenters. The Kier molecular flexibility index (Phi) is 3.96. The second-order valence-electron chi connectivity index (χ2n) is 4.84. The number of rotatable bonds is 3. The first-order valence-corrected chi connectivity index (χ1v) is 6.43. The molecule has 2 aromatic rings. The second-order valence-corrected chi connectivity index (χ2v) is 4.84. The smallest absolute Gasteiger partial charge is 0.185 e. The summed E-state index contributed by atoms with van der Waals surface area (Å²) in [7, 11) is 0. The highest BCUT2D eigenvalue weighted by Crippen LogP contribution is 2.16. The molecular formula is C18H18O. The Bertz CT molecular complexity index is 598. The van der Waals surface area contributed by atoms with E-state index >= 15 is 0 Å². The zero-order valence-corrected chi connectivity index (χ0v) is 11.6. The fourth-order valence-electron chi connectivity index (χ4n) is 2.04. The summed E-state index contributed by atoms with van der Waals surface area (Å²) in [5.41, 5.74) is 5.62. The van der Waals surface area contributed by atoms with Crippen LogP contribution in [0.15, 0.2) is 48.5 Å². The van der Waals surface area contributed by atoms with Gasteiger partial charge >= 0.3 is 0 Å². The Labute approximate surface area is 114 Å². The average molecular weight is 250 g/mol. The summed E-state index contributed by atoms with van der Waals surface area (Å²) in [5, 5.41) is 0. The van der Waals surface area contributed by atoms with Crippen molar-refractivity contribution in [2.45, 2.75) is 20.8 Å². The van der Waals surface area contributed by atoms with Crippen LogP contribution in [0.5, 0.6) is 0 Å². The number of allylic oxidation sites excluding steroid dienone is 1. The second kappa shape index (κ2) is 5.66. The van der Waals surface area contributed by atoms with Gasteiger partial charge in [-0.25, -0.2) is 0 Å². The van der Waals surface area contributed by atoms with Crippen LogP contribution in [0, 0.1) is 20.8 Å². The molecule has 0 bridgehead atoms. The molecule has 0 aliphatic rings. The number of benzene rings is 2. The molecule has 0 spiro atoms. The van der Waals surface area contributed by atoms with Crippen molar-refractivity contribution < 1.29 is 4.79 Å². The number of carbonyl (C=O) groups is 1. The molecule has 1 heteroatoms. The SMILES string of the molecule is Cc1cc(/C=C/C(=O)c2ccccc2)cc(C)c1C. The highest BCUT2D eigenvalue weighted by molar-refractivity contribution is 6.06. The van der Waals surface area contributed by atoms with E-state index in [9.17, 15) is 4.79 Å². The third kappa shape index (κ3) is 3.19. The van der Waals surface area contributed by atoms with Gasteiger partial charge in [0.15, 0.2) is 5.78 Å². The van der Waals surface area contributed by atoms with Crippen molar-refractivity contribution in [1.29, 1.82) is 0 Å². The highest BCUT2D eigenvalue weighted by atomic mass is 16.1. The lowest BCUT2D eigenvalue weighted by Gasteiger charge is -2.06. The van der Waals surface area contributed by atoms with E-state index in [0.717, 1.165) is 11.1 Å². The summed E-state index contributed by atoms with van der Waals surface area (Å²) in [4.78, 5) is 12.0. The number of hydrogen-bond acceptors (Lipinski definition) is 1. The van der Waals surface area contributed by atoms with Crippen LogP contribution in [0.25, 0.3) is 6.08 Å². The summed E-state index contributed by atoms with van der Waals surface area (Å²) >= 11 is 0. The molecule has 1 nitrogen and oxygen atoms in total. The van der Waals surface area contributed by atoms with E-state index in [2.05, 4.69) is 32.9 Å². The lowest BCUT2D eigenvalue weighted by atomic mass is 10.00.